The first-order chi connectivity index (χ1) is 7.58. The molecule has 0 fully saturated rings. The van der Waals surface area contributed by atoms with E-state index in [0.717, 1.165) is 6.07 Å². The molecule has 0 spiro atoms. The molecule has 84 valence electrons. The van der Waals surface area contributed by atoms with Gasteiger partial charge in [0, 0.05) is 12.0 Å². The van der Waals surface area contributed by atoms with Gasteiger partial charge in [-0.05, 0) is 25.1 Å². The number of rotatable bonds is 4. The van der Waals surface area contributed by atoms with Crippen molar-refractivity contribution >= 4 is 5.78 Å². The SMILES string of the molecule is COc1ccc(C(=O)CC(C)C#N)cc1F. The molecule has 3 nitrogen and oxygen atoms in total. The minimum absolute atomic E-state index is 0.0995. The second kappa shape index (κ2) is 5.26. The van der Waals surface area contributed by atoms with Gasteiger partial charge < -0.3 is 4.74 Å². The van der Waals surface area contributed by atoms with Gasteiger partial charge in [-0.15, -0.1) is 0 Å². The number of hydrogen-bond acceptors (Lipinski definition) is 3. The van der Waals surface area contributed by atoms with E-state index >= 15 is 0 Å². The average Bonchev–Trinajstić information content (AvgIpc) is 2.28. The number of ether oxygens (including phenoxy) is 1. The summed E-state index contributed by atoms with van der Waals surface area (Å²) >= 11 is 0. The lowest BCUT2D eigenvalue weighted by atomic mass is 10.0. The number of nitriles is 1. The molecule has 4 heteroatoms. The first-order valence-corrected chi connectivity index (χ1v) is 4.84. The summed E-state index contributed by atoms with van der Waals surface area (Å²) < 4.78 is 18.0. The molecule has 0 amide bonds. The Bertz CT molecular complexity index is 437. The van der Waals surface area contributed by atoms with Crippen molar-refractivity contribution in [3.63, 3.8) is 0 Å². The van der Waals surface area contributed by atoms with E-state index in [4.69, 9.17) is 10.00 Å². The van der Waals surface area contributed by atoms with Crippen molar-refractivity contribution in [3.8, 4) is 11.8 Å². The van der Waals surface area contributed by atoms with Crippen LogP contribution >= 0.6 is 0 Å². The van der Waals surface area contributed by atoms with Gasteiger partial charge in [-0.3, -0.25) is 4.79 Å². The summed E-state index contributed by atoms with van der Waals surface area (Å²) in [7, 11) is 1.36. The fourth-order valence-electron chi connectivity index (χ4n) is 1.28. The molecular weight excluding hydrogens is 209 g/mol. The molecular formula is C12H12FNO2. The number of carbonyl (C=O) groups excluding carboxylic acids is 1. The largest absolute Gasteiger partial charge is 0.494 e. The van der Waals surface area contributed by atoms with Gasteiger partial charge >= 0.3 is 0 Å². The van der Waals surface area contributed by atoms with E-state index in [9.17, 15) is 9.18 Å². The summed E-state index contributed by atoms with van der Waals surface area (Å²) in [6.07, 6.45) is 0.0995. The van der Waals surface area contributed by atoms with E-state index < -0.39 is 5.82 Å². The molecule has 1 aromatic carbocycles. The second-order valence-corrected chi connectivity index (χ2v) is 3.51. The molecule has 0 aromatic heterocycles. The Morgan fingerprint density at radius 3 is 2.81 bits per heavy atom. The van der Waals surface area contributed by atoms with Crippen molar-refractivity contribution in [1.29, 1.82) is 5.26 Å². The van der Waals surface area contributed by atoms with Crippen molar-refractivity contribution in [1.82, 2.24) is 0 Å². The predicted octanol–water partition coefficient (Wildman–Crippen LogP) is 2.57. The summed E-state index contributed by atoms with van der Waals surface area (Å²) in [6, 6.07) is 5.99. The van der Waals surface area contributed by atoms with Crippen molar-refractivity contribution in [3.05, 3.63) is 29.6 Å². The Labute approximate surface area is 93.5 Å². The van der Waals surface area contributed by atoms with Crippen LogP contribution in [0.3, 0.4) is 0 Å². The smallest absolute Gasteiger partial charge is 0.165 e. The van der Waals surface area contributed by atoms with E-state index in [0.29, 0.717) is 0 Å². The van der Waals surface area contributed by atoms with E-state index in [-0.39, 0.29) is 29.4 Å². The number of nitrogens with zero attached hydrogens (tertiary/aromatic N) is 1. The molecule has 0 saturated carbocycles. The minimum atomic E-state index is -0.571. The summed E-state index contributed by atoms with van der Waals surface area (Å²) in [5, 5.41) is 8.57. The fraction of sp³-hybridized carbons (Fsp3) is 0.333. The number of hydrogen-bond donors (Lipinski definition) is 0. The van der Waals surface area contributed by atoms with Crippen LogP contribution in [0.2, 0.25) is 0 Å². The first-order valence-electron chi connectivity index (χ1n) is 4.84. The first kappa shape index (κ1) is 12.2. The van der Waals surface area contributed by atoms with Gasteiger partial charge in [0.1, 0.15) is 0 Å². The highest BCUT2D eigenvalue weighted by Crippen LogP contribution is 2.19. The van der Waals surface area contributed by atoms with Crippen LogP contribution < -0.4 is 4.74 Å². The van der Waals surface area contributed by atoms with Crippen LogP contribution in [0.4, 0.5) is 4.39 Å². The average molecular weight is 221 g/mol. The molecule has 1 atom stereocenters. The normalized spacial score (nSPS) is 11.6. The Morgan fingerprint density at radius 1 is 1.62 bits per heavy atom. The van der Waals surface area contributed by atoms with Crippen LogP contribution in [-0.4, -0.2) is 12.9 Å². The van der Waals surface area contributed by atoms with E-state index in [1.807, 2.05) is 6.07 Å². The zero-order valence-corrected chi connectivity index (χ0v) is 9.16. The Hall–Kier alpha value is -1.89. The highest BCUT2D eigenvalue weighted by molar-refractivity contribution is 5.96. The van der Waals surface area contributed by atoms with Crippen molar-refractivity contribution in [2.75, 3.05) is 7.11 Å². The Balaban J connectivity index is 2.86. The van der Waals surface area contributed by atoms with Crippen LogP contribution in [0, 0.1) is 23.1 Å². The molecule has 0 bridgehead atoms. The summed E-state index contributed by atoms with van der Waals surface area (Å²) in [5.41, 5.74) is 0.264. The van der Waals surface area contributed by atoms with Crippen LogP contribution in [-0.2, 0) is 0 Å². The van der Waals surface area contributed by atoms with Crippen LogP contribution in [0.5, 0.6) is 5.75 Å². The fourth-order valence-corrected chi connectivity index (χ4v) is 1.28. The van der Waals surface area contributed by atoms with Crippen LogP contribution in [0.15, 0.2) is 18.2 Å². The van der Waals surface area contributed by atoms with Gasteiger partial charge in [-0.1, -0.05) is 0 Å². The molecule has 0 aliphatic heterocycles. The molecule has 0 aliphatic carbocycles. The topological polar surface area (TPSA) is 50.1 Å². The van der Waals surface area contributed by atoms with Gasteiger partial charge in [0.25, 0.3) is 0 Å². The van der Waals surface area contributed by atoms with Gasteiger partial charge in [-0.2, -0.15) is 5.26 Å². The molecule has 16 heavy (non-hydrogen) atoms. The maximum Gasteiger partial charge on any atom is 0.165 e. The van der Waals surface area contributed by atoms with Gasteiger partial charge in [0.2, 0.25) is 0 Å². The monoisotopic (exact) mass is 221 g/mol. The predicted molar refractivity (Wildman–Crippen MR) is 56.7 cm³/mol. The number of methoxy groups -OCH3 is 1. The zero-order chi connectivity index (χ0) is 12.1. The lowest BCUT2D eigenvalue weighted by molar-refractivity contribution is 0.0972. The van der Waals surface area contributed by atoms with Crippen molar-refractivity contribution in [2.45, 2.75) is 13.3 Å². The third kappa shape index (κ3) is 2.80. The summed E-state index contributed by atoms with van der Waals surface area (Å²) in [4.78, 5) is 11.6. The standard InChI is InChI=1S/C12H12FNO2/c1-8(7-14)5-11(15)9-3-4-12(16-2)10(13)6-9/h3-4,6,8H,5H2,1-2H3. The molecule has 1 aromatic rings. The molecule has 0 saturated heterocycles. The molecule has 0 aliphatic rings. The summed E-state index contributed by atoms with van der Waals surface area (Å²) in [5.74, 6) is -1.07. The quantitative estimate of drug-likeness (QED) is 0.734. The van der Waals surface area contributed by atoms with Gasteiger partial charge in [0.15, 0.2) is 17.3 Å². The number of halogens is 1. The highest BCUT2D eigenvalue weighted by atomic mass is 19.1. The number of carbonyl (C=O) groups is 1. The number of ketones is 1. The van der Waals surface area contributed by atoms with Crippen molar-refractivity contribution in [2.24, 2.45) is 5.92 Å². The lowest BCUT2D eigenvalue weighted by Crippen LogP contribution is -2.05. The molecule has 0 radical (unpaired) electrons. The highest BCUT2D eigenvalue weighted by Gasteiger charge is 2.13. The van der Waals surface area contributed by atoms with E-state index in [1.54, 1.807) is 6.92 Å². The molecule has 0 N–H and O–H groups in total. The Morgan fingerprint density at radius 2 is 2.31 bits per heavy atom. The minimum Gasteiger partial charge on any atom is -0.494 e. The van der Waals surface area contributed by atoms with Crippen LogP contribution in [0.1, 0.15) is 23.7 Å². The maximum absolute atomic E-state index is 13.3. The third-order valence-electron chi connectivity index (χ3n) is 2.19. The van der Waals surface area contributed by atoms with E-state index in [1.165, 1.54) is 19.2 Å². The molecule has 1 unspecified atom stereocenters. The zero-order valence-electron chi connectivity index (χ0n) is 9.16. The van der Waals surface area contributed by atoms with Crippen molar-refractivity contribution < 1.29 is 13.9 Å². The molecule has 1 rings (SSSR count). The summed E-state index contributed by atoms with van der Waals surface area (Å²) in [6.45, 7) is 1.65. The van der Waals surface area contributed by atoms with Gasteiger partial charge in [-0.25, -0.2) is 4.39 Å². The number of Topliss-reactive ketones (excluding diaryl/α,β-unsaturated/α-hetero) is 1. The van der Waals surface area contributed by atoms with Gasteiger partial charge in [0.05, 0.1) is 19.1 Å². The van der Waals surface area contributed by atoms with E-state index in [2.05, 4.69) is 0 Å². The maximum atomic E-state index is 13.3. The van der Waals surface area contributed by atoms with Crippen LogP contribution in [0.25, 0.3) is 0 Å². The third-order valence-corrected chi connectivity index (χ3v) is 2.19. The second-order valence-electron chi connectivity index (χ2n) is 3.51. The Kier molecular flexibility index (Phi) is 4.01. The number of benzene rings is 1. The lowest BCUT2D eigenvalue weighted by Gasteiger charge is -2.05. The molecule has 0 heterocycles.